The molecule has 0 saturated carbocycles. The maximum Gasteiger partial charge on any atom is 0.262 e. The van der Waals surface area contributed by atoms with Gasteiger partial charge in [0.05, 0.1) is 12.1 Å². The summed E-state index contributed by atoms with van der Waals surface area (Å²) < 4.78 is 1.49. The second kappa shape index (κ2) is 5.99. The molecule has 0 aliphatic carbocycles. The Kier molecular flexibility index (Phi) is 3.89. The van der Waals surface area contributed by atoms with Gasteiger partial charge in [0.15, 0.2) is 0 Å². The fourth-order valence-electron chi connectivity index (χ4n) is 2.21. The van der Waals surface area contributed by atoms with Gasteiger partial charge in [-0.3, -0.25) is 4.79 Å². The van der Waals surface area contributed by atoms with Crippen LogP contribution in [0.25, 0.3) is 11.1 Å². The lowest BCUT2D eigenvalue weighted by Gasteiger charge is -2.10. The van der Waals surface area contributed by atoms with E-state index in [2.05, 4.69) is 9.97 Å². The number of halogens is 1. The zero-order chi connectivity index (χ0) is 15.5. The van der Waals surface area contributed by atoms with Crippen molar-refractivity contribution < 1.29 is 5.11 Å². The molecule has 0 saturated heterocycles. The molecule has 0 radical (unpaired) electrons. The first-order valence-corrected chi connectivity index (χ1v) is 6.95. The number of benzene rings is 1. The van der Waals surface area contributed by atoms with E-state index in [1.54, 1.807) is 42.9 Å². The summed E-state index contributed by atoms with van der Waals surface area (Å²) in [6, 6.07) is 8.32. The van der Waals surface area contributed by atoms with Crippen LogP contribution in [0, 0.1) is 0 Å². The first-order chi connectivity index (χ1) is 10.6. The smallest absolute Gasteiger partial charge is 0.262 e. The Morgan fingerprint density at radius 3 is 2.68 bits per heavy atom. The maximum atomic E-state index is 12.6. The number of pyridine rings is 1. The van der Waals surface area contributed by atoms with E-state index >= 15 is 0 Å². The Hall–Kier alpha value is -2.66. The average Bonchev–Trinajstić information content (AvgIpc) is 2.51. The molecule has 2 heterocycles. The van der Waals surface area contributed by atoms with Gasteiger partial charge in [-0.2, -0.15) is 0 Å². The molecule has 0 fully saturated rings. The fourth-order valence-corrected chi connectivity index (χ4v) is 2.40. The monoisotopic (exact) mass is 313 g/mol. The van der Waals surface area contributed by atoms with Crippen molar-refractivity contribution in [3.05, 3.63) is 76.2 Å². The quantitative estimate of drug-likeness (QED) is 0.807. The van der Waals surface area contributed by atoms with E-state index in [1.807, 2.05) is 0 Å². The van der Waals surface area contributed by atoms with Gasteiger partial charge in [0, 0.05) is 29.2 Å². The molecule has 0 atom stereocenters. The van der Waals surface area contributed by atoms with Crippen LogP contribution in [-0.2, 0) is 6.54 Å². The molecule has 0 aliphatic heterocycles. The molecule has 5 nitrogen and oxygen atoms in total. The minimum Gasteiger partial charge on any atom is -0.507 e. The molecule has 22 heavy (non-hydrogen) atoms. The summed E-state index contributed by atoms with van der Waals surface area (Å²) in [6.45, 7) is 0.327. The van der Waals surface area contributed by atoms with Crippen molar-refractivity contribution in [2.24, 2.45) is 0 Å². The highest BCUT2D eigenvalue weighted by atomic mass is 35.5. The second-order valence-corrected chi connectivity index (χ2v) is 5.20. The summed E-state index contributed by atoms with van der Waals surface area (Å²) in [5, 5.41) is 10.5. The summed E-state index contributed by atoms with van der Waals surface area (Å²) in [7, 11) is 0. The highest BCUT2D eigenvalue weighted by Crippen LogP contribution is 2.27. The molecular formula is C16H12ClN3O2. The Balaban J connectivity index is 2.08. The van der Waals surface area contributed by atoms with Crippen LogP contribution in [0.5, 0.6) is 5.75 Å². The third kappa shape index (κ3) is 2.84. The van der Waals surface area contributed by atoms with Crippen molar-refractivity contribution >= 4 is 11.6 Å². The molecule has 1 aromatic carbocycles. The SMILES string of the molecule is O=c1c(-c2cccc(Cl)c2)c(O)ccn1Cc1cncnc1. The van der Waals surface area contributed by atoms with Crippen LogP contribution in [0.2, 0.25) is 5.02 Å². The fraction of sp³-hybridized carbons (Fsp3) is 0.0625. The molecule has 0 spiro atoms. The summed E-state index contributed by atoms with van der Waals surface area (Å²) in [6.07, 6.45) is 6.26. The van der Waals surface area contributed by atoms with Gasteiger partial charge in [-0.15, -0.1) is 0 Å². The number of hydrogen-bond acceptors (Lipinski definition) is 4. The topological polar surface area (TPSA) is 68.0 Å². The second-order valence-electron chi connectivity index (χ2n) is 4.77. The van der Waals surface area contributed by atoms with E-state index in [-0.39, 0.29) is 16.9 Å². The van der Waals surface area contributed by atoms with E-state index in [0.29, 0.717) is 17.1 Å². The molecule has 1 N–H and O–H groups in total. The minimum atomic E-state index is -0.300. The Morgan fingerprint density at radius 1 is 1.18 bits per heavy atom. The number of rotatable bonds is 3. The molecular weight excluding hydrogens is 302 g/mol. The van der Waals surface area contributed by atoms with Gasteiger partial charge in [-0.05, 0) is 23.8 Å². The van der Waals surface area contributed by atoms with Crippen LogP contribution >= 0.6 is 11.6 Å². The molecule has 2 aromatic heterocycles. The number of aromatic nitrogens is 3. The molecule has 110 valence electrons. The number of aromatic hydroxyl groups is 1. The Morgan fingerprint density at radius 2 is 1.95 bits per heavy atom. The Labute approximate surface area is 131 Å². The summed E-state index contributed by atoms with van der Waals surface area (Å²) in [5.41, 5.74) is 1.30. The zero-order valence-corrected chi connectivity index (χ0v) is 12.2. The number of nitrogens with zero attached hydrogens (tertiary/aromatic N) is 3. The van der Waals surface area contributed by atoms with Crippen LogP contribution in [0.3, 0.4) is 0 Å². The molecule has 0 unspecified atom stereocenters. The average molecular weight is 314 g/mol. The Bertz CT molecular complexity index is 863. The van der Waals surface area contributed by atoms with E-state index in [4.69, 9.17) is 11.6 Å². The van der Waals surface area contributed by atoms with Gasteiger partial charge < -0.3 is 9.67 Å². The van der Waals surface area contributed by atoms with Crippen molar-refractivity contribution in [2.45, 2.75) is 6.54 Å². The van der Waals surface area contributed by atoms with Gasteiger partial charge in [-0.1, -0.05) is 23.7 Å². The van der Waals surface area contributed by atoms with Crippen LogP contribution in [-0.4, -0.2) is 19.6 Å². The van der Waals surface area contributed by atoms with Crippen molar-refractivity contribution in [1.29, 1.82) is 0 Å². The van der Waals surface area contributed by atoms with Gasteiger partial charge in [0.1, 0.15) is 12.1 Å². The molecule has 6 heteroatoms. The van der Waals surface area contributed by atoms with E-state index in [1.165, 1.54) is 17.0 Å². The molecule has 3 aromatic rings. The van der Waals surface area contributed by atoms with Crippen molar-refractivity contribution in [2.75, 3.05) is 0 Å². The lowest BCUT2D eigenvalue weighted by molar-refractivity contribution is 0.473. The molecule has 0 amide bonds. The first kappa shape index (κ1) is 14.3. The highest BCUT2D eigenvalue weighted by Gasteiger charge is 2.12. The molecule has 0 bridgehead atoms. The maximum absolute atomic E-state index is 12.6. The molecule has 0 aliphatic rings. The predicted octanol–water partition coefficient (Wildman–Crippen LogP) is 2.71. The van der Waals surface area contributed by atoms with Crippen LogP contribution in [0.1, 0.15) is 5.56 Å². The lowest BCUT2D eigenvalue weighted by atomic mass is 10.1. The third-order valence-electron chi connectivity index (χ3n) is 3.22. The molecule has 3 rings (SSSR count). The van der Waals surface area contributed by atoms with Gasteiger partial charge in [-0.25, -0.2) is 9.97 Å². The summed E-state index contributed by atoms with van der Waals surface area (Å²) >= 11 is 5.96. The highest BCUT2D eigenvalue weighted by molar-refractivity contribution is 6.30. The van der Waals surface area contributed by atoms with Crippen molar-refractivity contribution in [1.82, 2.24) is 14.5 Å². The van der Waals surface area contributed by atoms with Crippen molar-refractivity contribution in [3.8, 4) is 16.9 Å². The van der Waals surface area contributed by atoms with Crippen LogP contribution in [0.15, 0.2) is 60.0 Å². The van der Waals surface area contributed by atoms with E-state index < -0.39 is 0 Å². The van der Waals surface area contributed by atoms with Crippen LogP contribution in [0.4, 0.5) is 0 Å². The largest absolute Gasteiger partial charge is 0.507 e. The lowest BCUT2D eigenvalue weighted by Crippen LogP contribution is -2.21. The summed E-state index contributed by atoms with van der Waals surface area (Å²) in [4.78, 5) is 20.5. The number of hydrogen-bond donors (Lipinski definition) is 1. The third-order valence-corrected chi connectivity index (χ3v) is 3.46. The first-order valence-electron chi connectivity index (χ1n) is 6.57. The van der Waals surface area contributed by atoms with Gasteiger partial charge in [0.2, 0.25) is 0 Å². The van der Waals surface area contributed by atoms with Gasteiger partial charge in [0.25, 0.3) is 5.56 Å². The van der Waals surface area contributed by atoms with E-state index in [0.717, 1.165) is 5.56 Å². The van der Waals surface area contributed by atoms with Crippen molar-refractivity contribution in [3.63, 3.8) is 0 Å². The van der Waals surface area contributed by atoms with E-state index in [9.17, 15) is 9.90 Å². The van der Waals surface area contributed by atoms with Crippen LogP contribution < -0.4 is 5.56 Å². The normalized spacial score (nSPS) is 10.6. The predicted molar refractivity (Wildman–Crippen MR) is 83.9 cm³/mol. The summed E-state index contributed by atoms with van der Waals surface area (Å²) in [5.74, 6) is -0.0761. The standard InChI is InChI=1S/C16H12ClN3O2/c17-13-3-1-2-12(6-13)15-14(21)4-5-20(16(15)22)9-11-7-18-10-19-8-11/h1-8,10,21H,9H2. The van der Waals surface area contributed by atoms with Gasteiger partial charge >= 0.3 is 0 Å². The minimum absolute atomic E-state index is 0.0761. The zero-order valence-electron chi connectivity index (χ0n) is 11.5.